The lowest BCUT2D eigenvalue weighted by Crippen LogP contribution is -2.43. The number of thioether (sulfide) groups is 1. The van der Waals surface area contributed by atoms with E-state index in [0.717, 1.165) is 5.56 Å². The highest BCUT2D eigenvalue weighted by Crippen LogP contribution is 2.36. The highest BCUT2D eigenvalue weighted by atomic mass is 35.5. The van der Waals surface area contributed by atoms with Crippen molar-refractivity contribution in [1.29, 1.82) is 0 Å². The van der Waals surface area contributed by atoms with Gasteiger partial charge in [0.05, 0.1) is 17.4 Å². The molecule has 10 heteroatoms. The third-order valence-corrected chi connectivity index (χ3v) is 8.10. The van der Waals surface area contributed by atoms with E-state index in [4.69, 9.17) is 16.6 Å². The molecule has 0 spiro atoms. The predicted octanol–water partition coefficient (Wildman–Crippen LogP) is 5.20. The molecule has 2 aliphatic heterocycles. The number of aliphatic imine (C=N–C) groups is 2. The molecule has 0 saturated carbocycles. The molecule has 204 valence electrons. The first kappa shape index (κ1) is 27.6. The van der Waals surface area contributed by atoms with Crippen LogP contribution < -0.4 is 10.6 Å². The molecule has 0 fully saturated rings. The first-order valence-electron chi connectivity index (χ1n) is 13.1. The van der Waals surface area contributed by atoms with Gasteiger partial charge < -0.3 is 10.6 Å². The topological polar surface area (TPSA) is 103 Å². The fourth-order valence-corrected chi connectivity index (χ4v) is 5.60. The molecule has 3 aromatic carbocycles. The SMILES string of the molecule is CC[C@@H](SC1=Nc2ccccc2C2=N[C@@H](CC(=O)NCCc3ccccc3)C(=O)N12)C(=O)Nc1ccc(Cl)cc1. The van der Waals surface area contributed by atoms with Crippen LogP contribution in [0.3, 0.4) is 0 Å². The van der Waals surface area contributed by atoms with Crippen molar-refractivity contribution in [2.45, 2.75) is 37.5 Å². The van der Waals surface area contributed by atoms with E-state index in [1.165, 1.54) is 16.7 Å². The minimum absolute atomic E-state index is 0.0675. The second-order valence-electron chi connectivity index (χ2n) is 9.35. The number of nitrogens with one attached hydrogen (secondary N) is 2. The summed E-state index contributed by atoms with van der Waals surface area (Å²) in [6.45, 7) is 2.37. The Morgan fingerprint density at radius 1 is 1.02 bits per heavy atom. The van der Waals surface area contributed by atoms with Crippen LogP contribution >= 0.6 is 23.4 Å². The number of fused-ring (bicyclic) bond motifs is 3. The Labute approximate surface area is 241 Å². The fourth-order valence-electron chi connectivity index (χ4n) is 4.46. The van der Waals surface area contributed by atoms with E-state index in [9.17, 15) is 14.4 Å². The van der Waals surface area contributed by atoms with Crippen molar-refractivity contribution in [1.82, 2.24) is 10.2 Å². The van der Waals surface area contributed by atoms with Crippen LogP contribution in [-0.2, 0) is 20.8 Å². The first-order chi connectivity index (χ1) is 19.4. The van der Waals surface area contributed by atoms with Crippen LogP contribution in [0, 0.1) is 0 Å². The summed E-state index contributed by atoms with van der Waals surface area (Å²) in [5.74, 6) is -0.336. The third kappa shape index (κ3) is 6.26. The lowest BCUT2D eigenvalue weighted by atomic mass is 10.1. The van der Waals surface area contributed by atoms with Crippen molar-refractivity contribution < 1.29 is 14.4 Å². The van der Waals surface area contributed by atoms with Crippen LogP contribution in [0.1, 0.15) is 30.9 Å². The molecule has 2 N–H and O–H groups in total. The zero-order valence-corrected chi connectivity index (χ0v) is 23.4. The maximum atomic E-state index is 13.6. The minimum atomic E-state index is -0.869. The van der Waals surface area contributed by atoms with Gasteiger partial charge >= 0.3 is 0 Å². The average Bonchev–Trinajstić information content (AvgIpc) is 3.29. The molecule has 2 heterocycles. The molecule has 3 amide bonds. The first-order valence-corrected chi connectivity index (χ1v) is 14.3. The number of rotatable bonds is 9. The normalized spacial score (nSPS) is 16.4. The number of hydrogen-bond donors (Lipinski definition) is 2. The number of benzene rings is 3. The summed E-state index contributed by atoms with van der Waals surface area (Å²) in [6, 6.07) is 23.3. The van der Waals surface area contributed by atoms with Crippen LogP contribution in [0.5, 0.6) is 0 Å². The number of amides is 3. The van der Waals surface area contributed by atoms with E-state index in [2.05, 4.69) is 15.6 Å². The third-order valence-electron chi connectivity index (χ3n) is 6.53. The van der Waals surface area contributed by atoms with Crippen molar-refractivity contribution >= 4 is 63.5 Å². The van der Waals surface area contributed by atoms with Gasteiger partial charge in [0, 0.05) is 22.8 Å². The summed E-state index contributed by atoms with van der Waals surface area (Å²) in [5, 5.41) is 6.23. The maximum Gasteiger partial charge on any atom is 0.259 e. The van der Waals surface area contributed by atoms with Gasteiger partial charge in [0.25, 0.3) is 5.91 Å². The van der Waals surface area contributed by atoms with Crippen LogP contribution in [-0.4, -0.2) is 51.5 Å². The zero-order valence-electron chi connectivity index (χ0n) is 21.8. The summed E-state index contributed by atoms with van der Waals surface area (Å²) < 4.78 is 0. The fraction of sp³-hybridized carbons (Fsp3) is 0.233. The number of nitrogens with zero attached hydrogens (tertiary/aromatic N) is 3. The van der Waals surface area contributed by atoms with Gasteiger partial charge in [0.2, 0.25) is 11.8 Å². The molecular formula is C30H28ClN5O3S. The molecule has 0 unspecified atom stereocenters. The number of para-hydroxylation sites is 1. The van der Waals surface area contributed by atoms with Gasteiger partial charge in [-0.2, -0.15) is 0 Å². The molecule has 3 aromatic rings. The van der Waals surface area contributed by atoms with Crippen LogP contribution in [0.15, 0.2) is 88.8 Å². The number of hydrogen-bond acceptors (Lipinski definition) is 6. The Hall–Kier alpha value is -3.95. The second kappa shape index (κ2) is 12.5. The predicted molar refractivity (Wildman–Crippen MR) is 160 cm³/mol. The quantitative estimate of drug-likeness (QED) is 0.367. The standard InChI is InChI=1S/C30H28ClN5O3S/c1-2-25(28(38)33-21-14-12-20(31)13-15-21)40-30-35-23-11-7-6-10-22(23)27-34-24(29(39)36(27)30)18-26(37)32-17-16-19-8-4-3-5-9-19/h3-15,24-25H,2,16-18H2,1H3,(H,32,37)(H,33,38)/t24-,25+/m0/s1. The monoisotopic (exact) mass is 573 g/mol. The molecule has 0 saturated heterocycles. The van der Waals surface area contributed by atoms with Gasteiger partial charge in [-0.05, 0) is 54.8 Å². The molecule has 40 heavy (non-hydrogen) atoms. The molecule has 2 aliphatic rings. The van der Waals surface area contributed by atoms with E-state index in [0.29, 0.717) is 52.4 Å². The molecule has 5 rings (SSSR count). The molecule has 2 atom stereocenters. The summed E-state index contributed by atoms with van der Waals surface area (Å²) in [6.07, 6.45) is 1.14. The van der Waals surface area contributed by atoms with Gasteiger partial charge in [-0.15, -0.1) is 0 Å². The van der Waals surface area contributed by atoms with E-state index >= 15 is 0 Å². The Kier molecular flexibility index (Phi) is 8.62. The summed E-state index contributed by atoms with van der Waals surface area (Å²) in [7, 11) is 0. The number of carbonyl (C=O) groups is 3. The van der Waals surface area contributed by atoms with Gasteiger partial charge in [-0.3, -0.25) is 19.4 Å². The van der Waals surface area contributed by atoms with Crippen LogP contribution in [0.4, 0.5) is 11.4 Å². The molecule has 0 bridgehead atoms. The van der Waals surface area contributed by atoms with Gasteiger partial charge in [-0.25, -0.2) is 9.89 Å². The van der Waals surface area contributed by atoms with Crippen molar-refractivity contribution in [3.63, 3.8) is 0 Å². The smallest absolute Gasteiger partial charge is 0.259 e. The van der Waals surface area contributed by atoms with Gasteiger partial charge in [0.15, 0.2) is 5.17 Å². The second-order valence-corrected chi connectivity index (χ2v) is 11.0. The molecule has 0 radical (unpaired) electrons. The molecule has 8 nitrogen and oxygen atoms in total. The minimum Gasteiger partial charge on any atom is -0.356 e. The Morgan fingerprint density at radius 2 is 1.75 bits per heavy atom. The summed E-state index contributed by atoms with van der Waals surface area (Å²) in [4.78, 5) is 50.3. The Balaban J connectivity index is 1.30. The van der Waals surface area contributed by atoms with Crippen molar-refractivity contribution in [2.75, 3.05) is 11.9 Å². The van der Waals surface area contributed by atoms with E-state index in [1.54, 1.807) is 24.3 Å². The van der Waals surface area contributed by atoms with E-state index in [1.807, 2.05) is 61.5 Å². The van der Waals surface area contributed by atoms with E-state index < -0.39 is 11.3 Å². The highest BCUT2D eigenvalue weighted by Gasteiger charge is 2.43. The van der Waals surface area contributed by atoms with Crippen LogP contribution in [0.25, 0.3) is 0 Å². The maximum absolute atomic E-state index is 13.6. The van der Waals surface area contributed by atoms with Gasteiger partial charge in [0.1, 0.15) is 11.9 Å². The summed E-state index contributed by atoms with van der Waals surface area (Å²) >= 11 is 7.17. The lowest BCUT2D eigenvalue weighted by Gasteiger charge is -2.27. The number of anilines is 1. The largest absolute Gasteiger partial charge is 0.356 e. The van der Waals surface area contributed by atoms with Crippen LogP contribution in [0.2, 0.25) is 5.02 Å². The van der Waals surface area contributed by atoms with E-state index in [-0.39, 0.29) is 24.1 Å². The van der Waals surface area contributed by atoms with Crippen molar-refractivity contribution in [3.05, 3.63) is 95.0 Å². The zero-order chi connectivity index (χ0) is 28.1. The number of amidine groups is 2. The average molecular weight is 574 g/mol. The molecule has 0 aromatic heterocycles. The molecular weight excluding hydrogens is 546 g/mol. The van der Waals surface area contributed by atoms with Crippen molar-refractivity contribution in [3.8, 4) is 0 Å². The number of halogens is 1. The van der Waals surface area contributed by atoms with Crippen molar-refractivity contribution in [2.24, 2.45) is 9.98 Å². The molecule has 0 aliphatic carbocycles. The summed E-state index contributed by atoms with van der Waals surface area (Å²) in [5.41, 5.74) is 3.12. The number of carbonyl (C=O) groups excluding carboxylic acids is 3. The highest BCUT2D eigenvalue weighted by molar-refractivity contribution is 8.15. The Bertz CT molecular complexity index is 1480. The van der Waals surface area contributed by atoms with Gasteiger partial charge in [-0.1, -0.05) is 72.8 Å². The lowest BCUT2D eigenvalue weighted by molar-refractivity contribution is -0.128. The Morgan fingerprint density at radius 3 is 2.50 bits per heavy atom.